The molecule has 36 heavy (non-hydrogen) atoms. The molecule has 0 saturated carbocycles. The third-order valence-corrected chi connectivity index (χ3v) is 7.08. The van der Waals surface area contributed by atoms with E-state index in [0.717, 1.165) is 18.8 Å². The van der Waals surface area contributed by atoms with Gasteiger partial charge in [0.1, 0.15) is 6.54 Å². The lowest BCUT2D eigenvalue weighted by Gasteiger charge is -2.28. The lowest BCUT2D eigenvalue weighted by molar-refractivity contribution is -0.873. The third kappa shape index (κ3) is 26.0. The minimum atomic E-state index is -0.922. The zero-order valence-electron chi connectivity index (χ0n) is 24.8. The maximum absolute atomic E-state index is 12.1. The van der Waals surface area contributed by atoms with E-state index in [-0.39, 0.29) is 12.4 Å². The molecule has 0 fully saturated rings. The second kappa shape index (κ2) is 23.0. The van der Waals surface area contributed by atoms with Gasteiger partial charge >= 0.3 is 11.9 Å². The first kappa shape index (κ1) is 34.9. The number of ether oxygens (including phenoxy) is 1. The molecule has 1 N–H and O–H groups in total. The van der Waals surface area contributed by atoms with Gasteiger partial charge in [0.05, 0.1) is 27.6 Å². The van der Waals surface area contributed by atoms with Crippen molar-refractivity contribution in [3.8, 4) is 0 Å². The summed E-state index contributed by atoms with van der Waals surface area (Å²) >= 11 is 0. The van der Waals surface area contributed by atoms with Crippen molar-refractivity contribution in [2.45, 2.75) is 155 Å². The number of carbonyl (C=O) groups is 2. The van der Waals surface area contributed by atoms with Crippen LogP contribution in [0.15, 0.2) is 0 Å². The number of carbonyl (C=O) groups excluding carboxylic acids is 1. The fourth-order valence-corrected chi connectivity index (χ4v) is 4.96. The Hall–Kier alpha value is -1.10. The van der Waals surface area contributed by atoms with Crippen molar-refractivity contribution in [3.05, 3.63) is 0 Å². The average molecular weight is 513 g/mol. The number of nitrogens with zero attached hydrogens (tertiary/aromatic N) is 1. The summed E-state index contributed by atoms with van der Waals surface area (Å²) in [4.78, 5) is 23.1. The van der Waals surface area contributed by atoms with E-state index in [2.05, 4.69) is 13.8 Å². The summed E-state index contributed by atoms with van der Waals surface area (Å²) in [5, 5.41) is 9.05. The van der Waals surface area contributed by atoms with Gasteiger partial charge in [0.2, 0.25) is 0 Å². The van der Waals surface area contributed by atoms with E-state index in [4.69, 9.17) is 9.84 Å². The van der Waals surface area contributed by atoms with Crippen molar-refractivity contribution in [2.75, 3.05) is 27.7 Å². The maximum Gasteiger partial charge on any atom is 0.307 e. The molecule has 0 saturated heterocycles. The fourth-order valence-electron chi connectivity index (χ4n) is 4.96. The second-order valence-electron chi connectivity index (χ2n) is 12.3. The quantitative estimate of drug-likeness (QED) is 0.0716. The smallest absolute Gasteiger partial charge is 0.307 e. The SMILES string of the molecule is CCCCCCCC(C)CCCCCCCCCCCCCCC(=O)OC(CC(=O)O)C[N+](C)(C)C. The molecular formula is C31H62NO4+. The molecule has 0 aromatic carbocycles. The summed E-state index contributed by atoms with van der Waals surface area (Å²) in [5.41, 5.74) is 0. The van der Waals surface area contributed by atoms with Gasteiger partial charge in [-0.25, -0.2) is 0 Å². The molecule has 0 spiro atoms. The maximum atomic E-state index is 12.1. The van der Waals surface area contributed by atoms with Crippen LogP contribution >= 0.6 is 0 Å². The van der Waals surface area contributed by atoms with Crippen molar-refractivity contribution >= 4 is 11.9 Å². The number of hydrogen-bond acceptors (Lipinski definition) is 3. The monoisotopic (exact) mass is 512 g/mol. The third-order valence-electron chi connectivity index (χ3n) is 7.08. The fraction of sp³-hybridized carbons (Fsp3) is 0.935. The van der Waals surface area contributed by atoms with Crippen molar-refractivity contribution in [1.29, 1.82) is 0 Å². The number of quaternary nitrogens is 1. The van der Waals surface area contributed by atoms with E-state index in [9.17, 15) is 9.59 Å². The number of carboxylic acids is 1. The van der Waals surface area contributed by atoms with Gasteiger partial charge in [0.25, 0.3) is 0 Å². The van der Waals surface area contributed by atoms with E-state index in [0.29, 0.717) is 17.4 Å². The largest absolute Gasteiger partial charge is 0.481 e. The number of hydrogen-bond donors (Lipinski definition) is 1. The van der Waals surface area contributed by atoms with Crippen LogP contribution in [-0.2, 0) is 14.3 Å². The molecule has 0 aromatic heterocycles. The number of rotatable bonds is 26. The molecule has 5 nitrogen and oxygen atoms in total. The number of unbranched alkanes of at least 4 members (excludes halogenated alkanes) is 15. The highest BCUT2D eigenvalue weighted by molar-refractivity contribution is 5.71. The summed E-state index contributed by atoms with van der Waals surface area (Å²) < 4.78 is 6.02. The number of aliphatic carboxylic acids is 1. The molecule has 0 aliphatic carbocycles. The van der Waals surface area contributed by atoms with Gasteiger partial charge in [-0.15, -0.1) is 0 Å². The van der Waals surface area contributed by atoms with Crippen LogP contribution in [0.2, 0.25) is 0 Å². The molecule has 2 atom stereocenters. The summed E-state index contributed by atoms with van der Waals surface area (Å²) in [6.07, 6.45) is 24.9. The van der Waals surface area contributed by atoms with Crippen LogP contribution < -0.4 is 0 Å². The Morgan fingerprint density at radius 1 is 0.694 bits per heavy atom. The average Bonchev–Trinajstić information content (AvgIpc) is 2.77. The van der Waals surface area contributed by atoms with Crippen LogP contribution in [0.25, 0.3) is 0 Å². The Bertz CT molecular complexity index is 529. The topological polar surface area (TPSA) is 63.6 Å². The molecule has 0 heterocycles. The van der Waals surface area contributed by atoms with Crippen LogP contribution in [-0.4, -0.2) is 55.3 Å². The number of esters is 1. The van der Waals surface area contributed by atoms with Gasteiger partial charge in [0, 0.05) is 6.42 Å². The predicted octanol–water partition coefficient (Wildman–Crippen LogP) is 8.54. The first-order chi connectivity index (χ1) is 17.1. The van der Waals surface area contributed by atoms with Gasteiger partial charge < -0.3 is 14.3 Å². The van der Waals surface area contributed by atoms with Gasteiger partial charge in [0.15, 0.2) is 6.10 Å². The van der Waals surface area contributed by atoms with Gasteiger partial charge in [-0.1, -0.05) is 129 Å². The summed E-state index contributed by atoms with van der Waals surface area (Å²) in [6, 6.07) is 0. The van der Waals surface area contributed by atoms with Crippen molar-refractivity contribution in [2.24, 2.45) is 5.92 Å². The summed E-state index contributed by atoms with van der Waals surface area (Å²) in [6.45, 7) is 5.24. The highest BCUT2D eigenvalue weighted by Gasteiger charge is 2.24. The first-order valence-electron chi connectivity index (χ1n) is 15.4. The predicted molar refractivity (Wildman–Crippen MR) is 152 cm³/mol. The molecule has 0 bridgehead atoms. The highest BCUT2D eigenvalue weighted by atomic mass is 16.5. The zero-order chi connectivity index (χ0) is 27.1. The minimum Gasteiger partial charge on any atom is -0.481 e. The molecule has 0 aliphatic heterocycles. The molecule has 214 valence electrons. The summed E-state index contributed by atoms with van der Waals surface area (Å²) in [5.74, 6) is -0.264. The van der Waals surface area contributed by atoms with Crippen molar-refractivity contribution in [3.63, 3.8) is 0 Å². The van der Waals surface area contributed by atoms with Crippen LogP contribution in [0.3, 0.4) is 0 Å². The van der Waals surface area contributed by atoms with Gasteiger partial charge in [-0.05, 0) is 12.3 Å². The van der Waals surface area contributed by atoms with E-state index >= 15 is 0 Å². The molecule has 0 aliphatic rings. The Balaban J connectivity index is 3.50. The van der Waals surface area contributed by atoms with Crippen LogP contribution in [0.1, 0.15) is 149 Å². The second-order valence-corrected chi connectivity index (χ2v) is 12.3. The summed E-state index contributed by atoms with van der Waals surface area (Å²) in [7, 11) is 5.92. The Labute approximate surface area is 224 Å². The minimum absolute atomic E-state index is 0.125. The molecule has 0 amide bonds. The molecule has 2 unspecified atom stereocenters. The van der Waals surface area contributed by atoms with E-state index in [1.165, 1.54) is 109 Å². The van der Waals surface area contributed by atoms with E-state index in [1.54, 1.807) is 0 Å². The van der Waals surface area contributed by atoms with E-state index < -0.39 is 12.1 Å². The highest BCUT2D eigenvalue weighted by Crippen LogP contribution is 2.19. The van der Waals surface area contributed by atoms with E-state index in [1.807, 2.05) is 21.1 Å². The zero-order valence-corrected chi connectivity index (χ0v) is 24.8. The Morgan fingerprint density at radius 3 is 1.53 bits per heavy atom. The van der Waals surface area contributed by atoms with Crippen molar-refractivity contribution in [1.82, 2.24) is 0 Å². The van der Waals surface area contributed by atoms with Crippen LogP contribution in [0.5, 0.6) is 0 Å². The normalized spacial score (nSPS) is 13.5. The first-order valence-corrected chi connectivity index (χ1v) is 15.4. The molecule has 0 radical (unpaired) electrons. The van der Waals surface area contributed by atoms with Gasteiger partial charge in [-0.3, -0.25) is 9.59 Å². The molecule has 5 heteroatoms. The molecular weight excluding hydrogens is 450 g/mol. The lowest BCUT2D eigenvalue weighted by atomic mass is 9.96. The number of carboxylic acid groups (broad SMARTS) is 1. The number of likely N-dealkylation sites (N-methyl/N-ethyl adjacent to an activating group) is 1. The Kier molecular flexibility index (Phi) is 22.3. The molecule has 0 rings (SSSR count). The Morgan fingerprint density at radius 2 is 1.11 bits per heavy atom. The van der Waals surface area contributed by atoms with Crippen LogP contribution in [0.4, 0.5) is 0 Å². The van der Waals surface area contributed by atoms with Crippen molar-refractivity contribution < 1.29 is 23.9 Å². The standard InChI is InChI=1S/C31H61NO4/c1-6-7-8-17-20-23-28(2)24-21-18-15-13-11-9-10-12-14-16-19-22-25-31(35)36-29(26-30(33)34)27-32(3,4)5/h28-29H,6-27H2,1-5H3/p+1. The molecule has 0 aromatic rings. The van der Waals surface area contributed by atoms with Gasteiger partial charge in [-0.2, -0.15) is 0 Å². The lowest BCUT2D eigenvalue weighted by Crippen LogP contribution is -2.43. The van der Waals surface area contributed by atoms with Crippen LogP contribution in [0, 0.1) is 5.92 Å².